The molecule has 0 aliphatic heterocycles. The summed E-state index contributed by atoms with van der Waals surface area (Å²) in [4.78, 5) is 12.2. The number of carbonyl (C=O) groups is 1. The van der Waals surface area contributed by atoms with Gasteiger partial charge in [0.05, 0.1) is 22.8 Å². The van der Waals surface area contributed by atoms with Crippen LogP contribution in [0.25, 0.3) is 0 Å². The lowest BCUT2D eigenvalue weighted by atomic mass is 10.2. The van der Waals surface area contributed by atoms with Crippen molar-refractivity contribution < 1.29 is 13.2 Å². The Morgan fingerprint density at radius 3 is 2.33 bits per heavy atom. The standard InChI is InChI=1S/C16H16Cl2N2O3S/c1-24(22,23)20(10-12-5-3-2-4-6-12)11-16(21)19-13-7-8-14(17)15(18)9-13/h2-9H,10-11H2,1H3,(H,19,21). The molecule has 0 unspecified atom stereocenters. The van der Waals surface area contributed by atoms with Gasteiger partial charge in [0, 0.05) is 12.2 Å². The first-order valence-corrected chi connectivity index (χ1v) is 9.60. The maximum atomic E-state index is 12.2. The first-order valence-electron chi connectivity index (χ1n) is 6.99. The van der Waals surface area contributed by atoms with Gasteiger partial charge in [-0.25, -0.2) is 8.42 Å². The van der Waals surface area contributed by atoms with E-state index in [4.69, 9.17) is 23.2 Å². The van der Waals surface area contributed by atoms with Gasteiger partial charge >= 0.3 is 0 Å². The van der Waals surface area contributed by atoms with E-state index in [0.717, 1.165) is 16.1 Å². The molecule has 128 valence electrons. The Balaban J connectivity index is 2.08. The number of benzene rings is 2. The van der Waals surface area contributed by atoms with E-state index < -0.39 is 15.9 Å². The Kier molecular flexibility index (Phi) is 6.23. The third-order valence-electron chi connectivity index (χ3n) is 3.19. The van der Waals surface area contributed by atoms with Crippen molar-refractivity contribution in [1.82, 2.24) is 4.31 Å². The molecule has 2 aromatic rings. The Morgan fingerprint density at radius 1 is 1.08 bits per heavy atom. The minimum atomic E-state index is -3.54. The van der Waals surface area contributed by atoms with Crippen molar-refractivity contribution >= 4 is 44.8 Å². The van der Waals surface area contributed by atoms with E-state index in [2.05, 4.69) is 5.32 Å². The molecule has 5 nitrogen and oxygen atoms in total. The monoisotopic (exact) mass is 386 g/mol. The first kappa shape index (κ1) is 18.7. The summed E-state index contributed by atoms with van der Waals surface area (Å²) in [6.45, 7) is -0.178. The fraction of sp³-hybridized carbons (Fsp3) is 0.188. The highest BCUT2D eigenvalue weighted by Crippen LogP contribution is 2.25. The van der Waals surface area contributed by atoms with Crippen molar-refractivity contribution in [2.45, 2.75) is 6.54 Å². The van der Waals surface area contributed by atoms with Gasteiger partial charge in [-0.05, 0) is 23.8 Å². The van der Waals surface area contributed by atoms with Gasteiger partial charge < -0.3 is 5.32 Å². The van der Waals surface area contributed by atoms with Gasteiger partial charge in [0.15, 0.2) is 0 Å². The second-order valence-electron chi connectivity index (χ2n) is 5.19. The smallest absolute Gasteiger partial charge is 0.239 e. The van der Waals surface area contributed by atoms with Gasteiger partial charge in [-0.2, -0.15) is 4.31 Å². The molecule has 0 aliphatic rings. The lowest BCUT2D eigenvalue weighted by molar-refractivity contribution is -0.116. The van der Waals surface area contributed by atoms with Crippen LogP contribution in [-0.4, -0.2) is 31.4 Å². The van der Waals surface area contributed by atoms with E-state index in [9.17, 15) is 13.2 Å². The molecular weight excluding hydrogens is 371 g/mol. The van der Waals surface area contributed by atoms with Crippen molar-refractivity contribution in [1.29, 1.82) is 0 Å². The summed E-state index contributed by atoms with van der Waals surface area (Å²) in [6, 6.07) is 13.7. The Morgan fingerprint density at radius 2 is 1.75 bits per heavy atom. The minimum Gasteiger partial charge on any atom is -0.325 e. The minimum absolute atomic E-state index is 0.120. The molecule has 24 heavy (non-hydrogen) atoms. The quantitative estimate of drug-likeness (QED) is 0.826. The van der Waals surface area contributed by atoms with Crippen LogP contribution in [0, 0.1) is 0 Å². The van der Waals surface area contributed by atoms with Crippen LogP contribution in [0.3, 0.4) is 0 Å². The Bertz CT molecular complexity index is 826. The number of hydrogen-bond acceptors (Lipinski definition) is 3. The lowest BCUT2D eigenvalue weighted by Gasteiger charge is -2.19. The molecule has 1 amide bonds. The maximum Gasteiger partial charge on any atom is 0.239 e. The zero-order chi connectivity index (χ0) is 17.7. The number of rotatable bonds is 6. The Hall–Kier alpha value is -1.60. The summed E-state index contributed by atoms with van der Waals surface area (Å²) in [5.41, 5.74) is 1.24. The summed E-state index contributed by atoms with van der Waals surface area (Å²) in [5.74, 6) is -0.463. The molecule has 0 aliphatic carbocycles. The molecule has 0 heterocycles. The predicted molar refractivity (Wildman–Crippen MR) is 96.8 cm³/mol. The highest BCUT2D eigenvalue weighted by atomic mass is 35.5. The number of anilines is 1. The van der Waals surface area contributed by atoms with E-state index in [1.54, 1.807) is 24.3 Å². The van der Waals surface area contributed by atoms with Crippen molar-refractivity contribution in [3.63, 3.8) is 0 Å². The molecule has 2 aromatic carbocycles. The summed E-state index contributed by atoms with van der Waals surface area (Å²) in [6.07, 6.45) is 1.07. The van der Waals surface area contributed by atoms with Crippen LogP contribution in [0.15, 0.2) is 48.5 Å². The number of nitrogens with one attached hydrogen (secondary N) is 1. The van der Waals surface area contributed by atoms with Crippen LogP contribution in [0.5, 0.6) is 0 Å². The molecule has 0 bridgehead atoms. The van der Waals surface area contributed by atoms with Crippen LogP contribution in [-0.2, 0) is 21.4 Å². The highest BCUT2D eigenvalue weighted by Gasteiger charge is 2.20. The number of hydrogen-bond donors (Lipinski definition) is 1. The van der Waals surface area contributed by atoms with Crippen LogP contribution in [0.1, 0.15) is 5.56 Å². The van der Waals surface area contributed by atoms with Gasteiger partial charge in [-0.3, -0.25) is 4.79 Å². The Labute approximate surface area is 151 Å². The number of amides is 1. The average Bonchev–Trinajstić information content (AvgIpc) is 2.50. The summed E-state index contributed by atoms with van der Waals surface area (Å²) >= 11 is 11.7. The van der Waals surface area contributed by atoms with Gasteiger partial charge in [-0.1, -0.05) is 53.5 Å². The van der Waals surface area contributed by atoms with Crippen molar-refractivity contribution in [2.24, 2.45) is 0 Å². The molecular formula is C16H16Cl2N2O3S. The molecule has 8 heteroatoms. The van der Waals surface area contributed by atoms with Gasteiger partial charge in [-0.15, -0.1) is 0 Å². The third-order valence-corrected chi connectivity index (χ3v) is 5.13. The maximum absolute atomic E-state index is 12.2. The molecule has 2 rings (SSSR count). The molecule has 0 radical (unpaired) electrons. The van der Waals surface area contributed by atoms with Crippen LogP contribution in [0.2, 0.25) is 10.0 Å². The largest absolute Gasteiger partial charge is 0.325 e. The second kappa shape index (κ2) is 7.98. The van der Waals surface area contributed by atoms with Crippen molar-refractivity contribution in [2.75, 3.05) is 18.1 Å². The molecule has 1 N–H and O–H groups in total. The summed E-state index contributed by atoms with van der Waals surface area (Å²) in [5, 5.41) is 3.29. The molecule has 0 atom stereocenters. The molecule has 0 spiro atoms. The zero-order valence-corrected chi connectivity index (χ0v) is 15.2. The van der Waals surface area contributed by atoms with Crippen molar-refractivity contribution in [3.8, 4) is 0 Å². The normalized spacial score (nSPS) is 11.5. The fourth-order valence-electron chi connectivity index (χ4n) is 2.01. The SMILES string of the molecule is CS(=O)(=O)N(CC(=O)Nc1ccc(Cl)c(Cl)c1)Cc1ccccc1. The van der Waals surface area contributed by atoms with E-state index in [1.807, 2.05) is 18.2 Å². The zero-order valence-electron chi connectivity index (χ0n) is 12.9. The molecule has 0 aromatic heterocycles. The number of halogens is 2. The fourth-order valence-corrected chi connectivity index (χ4v) is 3.05. The predicted octanol–water partition coefficient (Wildman–Crippen LogP) is 3.39. The van der Waals surface area contributed by atoms with E-state index >= 15 is 0 Å². The third kappa shape index (κ3) is 5.49. The van der Waals surface area contributed by atoms with Gasteiger partial charge in [0.1, 0.15) is 0 Å². The van der Waals surface area contributed by atoms with E-state index in [-0.39, 0.29) is 13.1 Å². The summed E-state index contributed by atoms with van der Waals surface area (Å²) in [7, 11) is -3.54. The number of sulfonamides is 1. The summed E-state index contributed by atoms with van der Waals surface area (Å²) < 4.78 is 25.0. The van der Waals surface area contributed by atoms with Crippen LogP contribution >= 0.6 is 23.2 Å². The average molecular weight is 387 g/mol. The molecule has 0 saturated carbocycles. The molecule has 0 saturated heterocycles. The second-order valence-corrected chi connectivity index (χ2v) is 7.99. The van der Waals surface area contributed by atoms with E-state index in [0.29, 0.717) is 15.7 Å². The van der Waals surface area contributed by atoms with Gasteiger partial charge in [0.2, 0.25) is 15.9 Å². The van der Waals surface area contributed by atoms with Crippen LogP contribution < -0.4 is 5.32 Å². The van der Waals surface area contributed by atoms with E-state index in [1.165, 1.54) is 6.07 Å². The highest BCUT2D eigenvalue weighted by molar-refractivity contribution is 7.88. The van der Waals surface area contributed by atoms with Crippen LogP contribution in [0.4, 0.5) is 5.69 Å². The van der Waals surface area contributed by atoms with Gasteiger partial charge in [0.25, 0.3) is 0 Å². The topological polar surface area (TPSA) is 66.5 Å². The number of carbonyl (C=O) groups excluding carboxylic acids is 1. The van der Waals surface area contributed by atoms with Crippen molar-refractivity contribution in [3.05, 3.63) is 64.1 Å². The first-order chi connectivity index (χ1) is 11.3. The molecule has 0 fully saturated rings. The number of nitrogens with zero attached hydrogens (tertiary/aromatic N) is 1. The lowest BCUT2D eigenvalue weighted by Crippen LogP contribution is -2.36.